The third-order valence-corrected chi connectivity index (χ3v) is 2.94. The number of aliphatic hydroxyl groups is 1. The summed E-state index contributed by atoms with van der Waals surface area (Å²) in [5, 5.41) is 8.82. The maximum atomic E-state index is 11.8. The Morgan fingerprint density at radius 1 is 1.24 bits per heavy atom. The van der Waals surface area contributed by atoms with Crippen LogP contribution in [0.3, 0.4) is 0 Å². The third-order valence-electron chi connectivity index (χ3n) is 2.94. The number of benzene rings is 1. The number of fused-ring (bicyclic) bond motifs is 1. The molecule has 0 fully saturated rings. The summed E-state index contributed by atoms with van der Waals surface area (Å²) in [7, 11) is 0. The monoisotopic (exact) mass is 233 g/mol. The van der Waals surface area contributed by atoms with Crippen LogP contribution < -0.4 is 4.90 Å². The highest BCUT2D eigenvalue weighted by Gasteiger charge is 2.36. The van der Waals surface area contributed by atoms with Crippen LogP contribution in [-0.4, -0.2) is 29.9 Å². The van der Waals surface area contributed by atoms with Crippen molar-refractivity contribution in [3.63, 3.8) is 0 Å². The zero-order valence-electron chi connectivity index (χ0n) is 9.99. The fourth-order valence-corrected chi connectivity index (χ4v) is 2.27. The van der Waals surface area contributed by atoms with Crippen LogP contribution in [0.1, 0.15) is 27.9 Å². The Balaban J connectivity index is 2.48. The number of nitrogens with zero attached hydrogens (tertiary/aromatic N) is 1. The SMILES string of the molecule is Cc1cc(C)c2c(c1)C(=O)C(=O)N2CCCO. The summed E-state index contributed by atoms with van der Waals surface area (Å²) in [6.45, 7) is 4.20. The van der Waals surface area contributed by atoms with Crippen molar-refractivity contribution < 1.29 is 14.7 Å². The first-order chi connectivity index (χ1) is 8.06. The number of Topliss-reactive ketones (excluding diaryl/α,β-unsaturated/α-hetero) is 1. The molecule has 2 rings (SSSR count). The van der Waals surface area contributed by atoms with Gasteiger partial charge in [0.25, 0.3) is 11.7 Å². The first kappa shape index (κ1) is 11.8. The second-order valence-corrected chi connectivity index (χ2v) is 4.34. The van der Waals surface area contributed by atoms with Crippen LogP contribution in [0.15, 0.2) is 12.1 Å². The van der Waals surface area contributed by atoms with Crippen molar-refractivity contribution in [2.75, 3.05) is 18.1 Å². The highest BCUT2D eigenvalue weighted by atomic mass is 16.3. The molecule has 0 saturated heterocycles. The molecule has 0 atom stereocenters. The molecule has 0 aliphatic carbocycles. The highest BCUT2D eigenvalue weighted by molar-refractivity contribution is 6.52. The molecule has 0 bridgehead atoms. The molecule has 1 aliphatic rings. The lowest BCUT2D eigenvalue weighted by atomic mass is 10.0. The second kappa shape index (κ2) is 4.30. The minimum absolute atomic E-state index is 0.0121. The molecule has 0 aromatic heterocycles. The molecule has 1 aromatic carbocycles. The number of rotatable bonds is 3. The van der Waals surface area contributed by atoms with E-state index < -0.39 is 11.7 Å². The summed E-state index contributed by atoms with van der Waals surface area (Å²) in [6, 6.07) is 3.71. The van der Waals surface area contributed by atoms with Gasteiger partial charge >= 0.3 is 0 Å². The topological polar surface area (TPSA) is 57.6 Å². The molecule has 1 amide bonds. The summed E-state index contributed by atoms with van der Waals surface area (Å²) in [5.74, 6) is -0.924. The lowest BCUT2D eigenvalue weighted by Gasteiger charge is -2.18. The third kappa shape index (κ3) is 1.85. The van der Waals surface area contributed by atoms with E-state index in [1.165, 1.54) is 4.90 Å². The quantitative estimate of drug-likeness (QED) is 0.798. The van der Waals surface area contributed by atoms with Gasteiger partial charge < -0.3 is 10.0 Å². The molecular formula is C13H15NO3. The van der Waals surface area contributed by atoms with Crippen molar-refractivity contribution in [1.29, 1.82) is 0 Å². The van der Waals surface area contributed by atoms with Crippen LogP contribution in [0.4, 0.5) is 5.69 Å². The van der Waals surface area contributed by atoms with Crippen LogP contribution in [-0.2, 0) is 4.79 Å². The fourth-order valence-electron chi connectivity index (χ4n) is 2.27. The Hall–Kier alpha value is -1.68. The molecule has 1 N–H and O–H groups in total. The molecule has 90 valence electrons. The first-order valence-corrected chi connectivity index (χ1v) is 5.64. The summed E-state index contributed by atoms with van der Waals surface area (Å²) < 4.78 is 0. The van der Waals surface area contributed by atoms with E-state index in [0.717, 1.165) is 11.1 Å². The van der Waals surface area contributed by atoms with Crippen LogP contribution in [0.5, 0.6) is 0 Å². The van der Waals surface area contributed by atoms with E-state index in [1.807, 2.05) is 19.9 Å². The Kier molecular flexibility index (Phi) is 2.98. The van der Waals surface area contributed by atoms with Gasteiger partial charge in [-0.2, -0.15) is 0 Å². The molecule has 1 heterocycles. The van der Waals surface area contributed by atoms with Crippen molar-refractivity contribution in [2.45, 2.75) is 20.3 Å². The number of carbonyl (C=O) groups excluding carboxylic acids is 2. The van der Waals surface area contributed by atoms with Gasteiger partial charge in [0.2, 0.25) is 0 Å². The van der Waals surface area contributed by atoms with Crippen molar-refractivity contribution >= 4 is 17.4 Å². The maximum Gasteiger partial charge on any atom is 0.299 e. The normalized spacial score (nSPS) is 14.4. The molecule has 0 saturated carbocycles. The smallest absolute Gasteiger partial charge is 0.299 e. The largest absolute Gasteiger partial charge is 0.396 e. The van der Waals surface area contributed by atoms with E-state index in [2.05, 4.69) is 0 Å². The Bertz CT molecular complexity index is 494. The second-order valence-electron chi connectivity index (χ2n) is 4.34. The lowest BCUT2D eigenvalue weighted by molar-refractivity contribution is -0.114. The summed E-state index contributed by atoms with van der Waals surface area (Å²) in [4.78, 5) is 25.1. The minimum Gasteiger partial charge on any atom is -0.396 e. The van der Waals surface area contributed by atoms with Gasteiger partial charge in [0.05, 0.1) is 11.3 Å². The summed E-state index contributed by atoms with van der Waals surface area (Å²) in [6.07, 6.45) is 0.478. The average molecular weight is 233 g/mol. The molecular weight excluding hydrogens is 218 g/mol. The average Bonchev–Trinajstić information content (AvgIpc) is 2.51. The standard InChI is InChI=1S/C13H15NO3/c1-8-6-9(2)11-10(7-8)12(16)13(17)14(11)4-3-5-15/h6-7,15H,3-5H2,1-2H3. The Morgan fingerprint density at radius 2 is 1.94 bits per heavy atom. The zero-order chi connectivity index (χ0) is 12.6. The van der Waals surface area contributed by atoms with Crippen LogP contribution in [0.2, 0.25) is 0 Å². The molecule has 4 heteroatoms. The molecule has 0 spiro atoms. The van der Waals surface area contributed by atoms with Crippen LogP contribution in [0, 0.1) is 13.8 Å². The number of anilines is 1. The van der Waals surface area contributed by atoms with E-state index in [-0.39, 0.29) is 6.61 Å². The Morgan fingerprint density at radius 3 is 2.59 bits per heavy atom. The Labute approximate surface area is 99.9 Å². The molecule has 4 nitrogen and oxygen atoms in total. The van der Waals surface area contributed by atoms with Crippen molar-refractivity contribution in [3.05, 3.63) is 28.8 Å². The fraction of sp³-hybridized carbons (Fsp3) is 0.385. The minimum atomic E-state index is -0.484. The number of amides is 1. The molecule has 1 aromatic rings. The van der Waals surface area contributed by atoms with Gasteiger partial charge in [0.1, 0.15) is 0 Å². The predicted molar refractivity (Wildman–Crippen MR) is 64.3 cm³/mol. The number of carbonyl (C=O) groups is 2. The van der Waals surface area contributed by atoms with Gasteiger partial charge in [-0.25, -0.2) is 0 Å². The van der Waals surface area contributed by atoms with Gasteiger partial charge in [0, 0.05) is 13.2 Å². The summed E-state index contributed by atoms with van der Waals surface area (Å²) >= 11 is 0. The van der Waals surface area contributed by atoms with Crippen LogP contribution in [0.25, 0.3) is 0 Å². The van der Waals surface area contributed by atoms with E-state index in [0.29, 0.717) is 24.2 Å². The molecule has 0 unspecified atom stereocenters. The van der Waals surface area contributed by atoms with Gasteiger partial charge in [-0.1, -0.05) is 6.07 Å². The zero-order valence-corrected chi connectivity index (χ0v) is 9.99. The van der Waals surface area contributed by atoms with Crippen molar-refractivity contribution in [2.24, 2.45) is 0 Å². The molecule has 0 radical (unpaired) electrons. The van der Waals surface area contributed by atoms with E-state index in [4.69, 9.17) is 5.11 Å². The lowest BCUT2D eigenvalue weighted by Crippen LogP contribution is -2.31. The highest BCUT2D eigenvalue weighted by Crippen LogP contribution is 2.33. The molecule has 1 aliphatic heterocycles. The van der Waals surface area contributed by atoms with Gasteiger partial charge in [-0.15, -0.1) is 0 Å². The van der Waals surface area contributed by atoms with Gasteiger partial charge in [0.15, 0.2) is 0 Å². The number of hydrogen-bond donors (Lipinski definition) is 1. The number of hydrogen-bond acceptors (Lipinski definition) is 3. The molecule has 17 heavy (non-hydrogen) atoms. The number of aliphatic hydroxyl groups excluding tert-OH is 1. The van der Waals surface area contributed by atoms with E-state index >= 15 is 0 Å². The van der Waals surface area contributed by atoms with Crippen LogP contribution >= 0.6 is 0 Å². The number of aryl methyl sites for hydroxylation is 2. The predicted octanol–water partition coefficient (Wildman–Crippen LogP) is 1.22. The maximum absolute atomic E-state index is 11.8. The first-order valence-electron chi connectivity index (χ1n) is 5.64. The van der Waals surface area contributed by atoms with E-state index in [9.17, 15) is 9.59 Å². The van der Waals surface area contributed by atoms with Gasteiger partial charge in [-0.3, -0.25) is 9.59 Å². The van der Waals surface area contributed by atoms with E-state index in [1.54, 1.807) is 6.07 Å². The summed E-state index contributed by atoms with van der Waals surface area (Å²) in [5.41, 5.74) is 3.10. The van der Waals surface area contributed by atoms with Crippen molar-refractivity contribution in [1.82, 2.24) is 0 Å². The van der Waals surface area contributed by atoms with Gasteiger partial charge in [-0.05, 0) is 37.5 Å². The van der Waals surface area contributed by atoms with Crippen molar-refractivity contribution in [3.8, 4) is 0 Å². The number of ketones is 1.